The van der Waals surface area contributed by atoms with Crippen molar-refractivity contribution >= 4 is 11.9 Å². The van der Waals surface area contributed by atoms with Crippen LogP contribution in [0.4, 0.5) is 0 Å². The number of carbonyl (C=O) groups is 2. The number of aliphatic carboxylic acids is 1. The number of carbonyl (C=O) groups excluding carboxylic acids is 1. The van der Waals surface area contributed by atoms with Crippen molar-refractivity contribution in [3.05, 3.63) is 11.7 Å². The van der Waals surface area contributed by atoms with Crippen molar-refractivity contribution in [2.75, 3.05) is 6.54 Å². The lowest BCUT2D eigenvalue weighted by Crippen LogP contribution is -2.27. The van der Waals surface area contributed by atoms with Crippen molar-refractivity contribution in [2.45, 2.75) is 39.0 Å². The predicted octanol–water partition coefficient (Wildman–Crippen LogP) is 0.963. The van der Waals surface area contributed by atoms with E-state index >= 15 is 0 Å². The molecule has 1 aliphatic rings. The molecule has 110 valence electrons. The predicted molar refractivity (Wildman–Crippen MR) is 69.0 cm³/mol. The van der Waals surface area contributed by atoms with Crippen molar-refractivity contribution in [2.24, 2.45) is 11.8 Å². The zero-order chi connectivity index (χ0) is 14.7. The van der Waals surface area contributed by atoms with Crippen LogP contribution in [0.1, 0.15) is 44.3 Å². The Morgan fingerprint density at radius 3 is 2.75 bits per heavy atom. The molecule has 1 aromatic heterocycles. The highest BCUT2D eigenvalue weighted by molar-refractivity contribution is 5.89. The topological polar surface area (TPSA) is 105 Å². The Balaban J connectivity index is 1.64. The van der Waals surface area contributed by atoms with E-state index in [0.29, 0.717) is 37.5 Å². The number of hydrogen-bond acceptors (Lipinski definition) is 5. The van der Waals surface area contributed by atoms with Gasteiger partial charge in [0, 0.05) is 18.9 Å². The Morgan fingerprint density at radius 1 is 1.45 bits per heavy atom. The highest BCUT2D eigenvalue weighted by atomic mass is 16.5. The quantitative estimate of drug-likeness (QED) is 0.721. The van der Waals surface area contributed by atoms with Gasteiger partial charge in [-0.1, -0.05) is 19.0 Å². The Bertz CT molecular complexity index is 498. The summed E-state index contributed by atoms with van der Waals surface area (Å²) < 4.78 is 5.09. The third kappa shape index (κ3) is 3.55. The van der Waals surface area contributed by atoms with E-state index in [1.165, 1.54) is 0 Å². The van der Waals surface area contributed by atoms with Gasteiger partial charge in [0.1, 0.15) is 0 Å². The SMILES string of the molecule is CC(C)c1noc(CCCNC(=O)[C@H]2C[C@H]2C(=O)O)n1. The van der Waals surface area contributed by atoms with E-state index in [0.717, 1.165) is 0 Å². The number of hydrogen-bond donors (Lipinski definition) is 2. The lowest BCUT2D eigenvalue weighted by Gasteiger charge is -2.02. The van der Waals surface area contributed by atoms with Crippen molar-refractivity contribution in [3.63, 3.8) is 0 Å². The van der Waals surface area contributed by atoms with Crippen molar-refractivity contribution < 1.29 is 19.2 Å². The van der Waals surface area contributed by atoms with Gasteiger partial charge >= 0.3 is 5.97 Å². The number of carboxylic acid groups (broad SMARTS) is 1. The first-order valence-electron chi connectivity index (χ1n) is 6.82. The van der Waals surface area contributed by atoms with Gasteiger partial charge in [0.25, 0.3) is 0 Å². The molecule has 0 aromatic carbocycles. The smallest absolute Gasteiger partial charge is 0.307 e. The highest BCUT2D eigenvalue weighted by Crippen LogP contribution is 2.38. The second-order valence-electron chi connectivity index (χ2n) is 5.38. The molecule has 0 bridgehead atoms. The van der Waals surface area contributed by atoms with Crippen LogP contribution >= 0.6 is 0 Å². The van der Waals surface area contributed by atoms with Gasteiger partial charge in [-0.15, -0.1) is 0 Å². The second-order valence-corrected chi connectivity index (χ2v) is 5.38. The number of carboxylic acids is 1. The number of amides is 1. The van der Waals surface area contributed by atoms with Gasteiger partial charge in [-0.25, -0.2) is 0 Å². The van der Waals surface area contributed by atoms with Gasteiger partial charge in [-0.05, 0) is 12.8 Å². The molecule has 2 N–H and O–H groups in total. The summed E-state index contributed by atoms with van der Waals surface area (Å²) in [6.45, 7) is 4.47. The fraction of sp³-hybridized carbons (Fsp3) is 0.692. The molecule has 1 aliphatic carbocycles. The molecule has 2 rings (SSSR count). The minimum Gasteiger partial charge on any atom is -0.481 e. The van der Waals surface area contributed by atoms with Crippen LogP contribution in [0.5, 0.6) is 0 Å². The molecule has 2 atom stereocenters. The molecule has 0 saturated heterocycles. The van der Waals surface area contributed by atoms with Crippen molar-refractivity contribution in [1.82, 2.24) is 15.5 Å². The first-order chi connectivity index (χ1) is 9.49. The Morgan fingerprint density at radius 2 is 2.20 bits per heavy atom. The number of nitrogens with one attached hydrogen (secondary N) is 1. The van der Waals surface area contributed by atoms with E-state index < -0.39 is 11.9 Å². The Labute approximate surface area is 116 Å². The third-order valence-corrected chi connectivity index (χ3v) is 3.31. The summed E-state index contributed by atoms with van der Waals surface area (Å²) in [6.07, 6.45) is 1.74. The summed E-state index contributed by atoms with van der Waals surface area (Å²) in [6, 6.07) is 0. The van der Waals surface area contributed by atoms with Crippen LogP contribution < -0.4 is 5.32 Å². The van der Waals surface area contributed by atoms with Gasteiger partial charge in [0.2, 0.25) is 11.8 Å². The molecule has 0 spiro atoms. The van der Waals surface area contributed by atoms with E-state index in [4.69, 9.17) is 9.63 Å². The van der Waals surface area contributed by atoms with Gasteiger partial charge in [-0.2, -0.15) is 4.98 Å². The maximum Gasteiger partial charge on any atom is 0.307 e. The molecule has 1 heterocycles. The Kier molecular flexibility index (Phi) is 4.36. The summed E-state index contributed by atoms with van der Waals surface area (Å²) in [7, 11) is 0. The van der Waals surface area contributed by atoms with E-state index in [-0.39, 0.29) is 17.7 Å². The van der Waals surface area contributed by atoms with Gasteiger partial charge in [0.05, 0.1) is 11.8 Å². The number of nitrogens with zero attached hydrogens (tertiary/aromatic N) is 2. The lowest BCUT2D eigenvalue weighted by molar-refractivity contribution is -0.140. The minimum absolute atomic E-state index is 0.175. The molecule has 1 saturated carbocycles. The average molecular weight is 281 g/mol. The molecule has 0 radical (unpaired) electrons. The molecule has 1 amide bonds. The van der Waals surface area contributed by atoms with Crippen molar-refractivity contribution in [3.8, 4) is 0 Å². The van der Waals surface area contributed by atoms with Crippen LogP contribution in [0.15, 0.2) is 4.52 Å². The van der Waals surface area contributed by atoms with Crippen LogP contribution in [0.3, 0.4) is 0 Å². The van der Waals surface area contributed by atoms with Gasteiger partial charge in [-0.3, -0.25) is 9.59 Å². The first kappa shape index (κ1) is 14.5. The van der Waals surface area contributed by atoms with E-state index in [1.54, 1.807) is 0 Å². The minimum atomic E-state index is -0.891. The molecule has 0 unspecified atom stereocenters. The maximum atomic E-state index is 11.6. The van der Waals surface area contributed by atoms with E-state index in [9.17, 15) is 9.59 Å². The standard InChI is InChI=1S/C13H19N3O4/c1-7(2)11-15-10(20-16-11)4-3-5-14-12(17)8-6-9(8)13(18)19/h7-9H,3-6H2,1-2H3,(H,14,17)(H,18,19)/t8-,9+/m0/s1. The molecular formula is C13H19N3O4. The summed E-state index contributed by atoms with van der Waals surface area (Å²) in [4.78, 5) is 26.5. The van der Waals surface area contributed by atoms with E-state index in [2.05, 4.69) is 15.5 Å². The maximum absolute atomic E-state index is 11.6. The van der Waals surface area contributed by atoms with E-state index in [1.807, 2.05) is 13.8 Å². The number of aryl methyl sites for hydroxylation is 1. The Hall–Kier alpha value is -1.92. The molecule has 7 heteroatoms. The summed E-state index contributed by atoms with van der Waals surface area (Å²) in [5.41, 5.74) is 0. The third-order valence-electron chi connectivity index (χ3n) is 3.31. The van der Waals surface area contributed by atoms with Crippen LogP contribution in [-0.4, -0.2) is 33.7 Å². The van der Waals surface area contributed by atoms with Crippen molar-refractivity contribution in [1.29, 1.82) is 0 Å². The van der Waals surface area contributed by atoms with Crippen LogP contribution in [0.25, 0.3) is 0 Å². The molecule has 0 aliphatic heterocycles. The molecule has 7 nitrogen and oxygen atoms in total. The average Bonchev–Trinajstić information content (AvgIpc) is 3.06. The fourth-order valence-electron chi connectivity index (χ4n) is 1.94. The molecule has 1 fully saturated rings. The zero-order valence-electron chi connectivity index (χ0n) is 11.6. The fourth-order valence-corrected chi connectivity index (χ4v) is 1.94. The number of aromatic nitrogens is 2. The highest BCUT2D eigenvalue weighted by Gasteiger charge is 2.48. The number of rotatable bonds is 7. The lowest BCUT2D eigenvalue weighted by atomic mass is 10.2. The van der Waals surface area contributed by atoms with Gasteiger partial charge < -0.3 is 14.9 Å². The largest absolute Gasteiger partial charge is 0.481 e. The molecule has 1 aromatic rings. The molecular weight excluding hydrogens is 262 g/mol. The monoisotopic (exact) mass is 281 g/mol. The van der Waals surface area contributed by atoms with Crippen LogP contribution in [0.2, 0.25) is 0 Å². The van der Waals surface area contributed by atoms with Gasteiger partial charge in [0.15, 0.2) is 5.82 Å². The molecule has 20 heavy (non-hydrogen) atoms. The van der Waals surface area contributed by atoms with Crippen LogP contribution in [0, 0.1) is 11.8 Å². The summed E-state index contributed by atoms with van der Waals surface area (Å²) >= 11 is 0. The normalized spacial score (nSPS) is 20.9. The first-order valence-corrected chi connectivity index (χ1v) is 6.82. The zero-order valence-corrected chi connectivity index (χ0v) is 11.6. The summed E-state index contributed by atoms with van der Waals surface area (Å²) in [5.74, 6) is -0.440. The van der Waals surface area contributed by atoms with Crippen LogP contribution in [-0.2, 0) is 16.0 Å². The second kappa shape index (κ2) is 6.02. The summed E-state index contributed by atoms with van der Waals surface area (Å²) in [5, 5.41) is 15.3.